The van der Waals surface area contributed by atoms with Crippen molar-refractivity contribution in [2.45, 2.75) is 33.1 Å². The Hall–Kier alpha value is -2.61. The number of carbonyl (C=O) groups excluding carboxylic acids is 1. The quantitative estimate of drug-likeness (QED) is 0.873. The van der Waals surface area contributed by atoms with E-state index in [-0.39, 0.29) is 5.91 Å². The summed E-state index contributed by atoms with van der Waals surface area (Å²) in [5.74, 6) is 0.854. The van der Waals surface area contributed by atoms with Gasteiger partial charge in [0, 0.05) is 24.2 Å². The molecule has 0 saturated heterocycles. The number of benzene rings is 1. The zero-order chi connectivity index (χ0) is 15.7. The lowest BCUT2D eigenvalue weighted by Crippen LogP contribution is -2.29. The number of rotatable bonds is 3. The number of anilines is 1. The fourth-order valence-electron chi connectivity index (χ4n) is 3.02. The minimum absolute atomic E-state index is 0.0776. The molecule has 1 aromatic carbocycles. The molecule has 0 N–H and O–H groups in total. The van der Waals surface area contributed by atoms with E-state index in [1.807, 2.05) is 26.0 Å². The van der Waals surface area contributed by atoms with Crippen molar-refractivity contribution in [3.63, 3.8) is 0 Å². The van der Waals surface area contributed by atoms with Crippen LogP contribution in [0.25, 0.3) is 0 Å². The summed E-state index contributed by atoms with van der Waals surface area (Å²) in [6.07, 6.45) is 1.79. The van der Waals surface area contributed by atoms with Gasteiger partial charge in [-0.1, -0.05) is 11.2 Å². The Labute approximate surface area is 129 Å². The molecule has 0 spiro atoms. The predicted octanol–water partition coefficient (Wildman–Crippen LogP) is 2.69. The molecule has 1 aliphatic rings. The molecule has 0 aliphatic carbocycles. The van der Waals surface area contributed by atoms with E-state index in [1.165, 1.54) is 0 Å². The third-order valence-corrected chi connectivity index (χ3v) is 4.22. The highest BCUT2D eigenvalue weighted by Crippen LogP contribution is 2.31. The molecule has 5 heteroatoms. The van der Waals surface area contributed by atoms with Crippen LogP contribution in [-0.2, 0) is 17.6 Å². The average Bonchev–Trinajstić information content (AvgIpc) is 3.09. The Balaban J connectivity index is 1.75. The van der Waals surface area contributed by atoms with Gasteiger partial charge in [0.05, 0.1) is 17.3 Å². The van der Waals surface area contributed by atoms with E-state index in [0.717, 1.165) is 34.7 Å². The van der Waals surface area contributed by atoms with E-state index >= 15 is 0 Å². The molecule has 0 bridgehead atoms. The van der Waals surface area contributed by atoms with Crippen molar-refractivity contribution >= 4 is 11.6 Å². The molecule has 0 atom stereocenters. The monoisotopic (exact) mass is 295 g/mol. The third-order valence-electron chi connectivity index (χ3n) is 4.22. The fourth-order valence-corrected chi connectivity index (χ4v) is 3.02. The largest absolute Gasteiger partial charge is 0.361 e. The van der Waals surface area contributed by atoms with Gasteiger partial charge in [0.25, 0.3) is 0 Å². The van der Waals surface area contributed by atoms with Gasteiger partial charge in [-0.2, -0.15) is 5.26 Å². The molecule has 112 valence electrons. The van der Waals surface area contributed by atoms with Crippen molar-refractivity contribution in [1.29, 1.82) is 5.26 Å². The molecular formula is C17H17N3O2. The maximum Gasteiger partial charge on any atom is 0.227 e. The highest BCUT2D eigenvalue weighted by molar-refractivity contribution is 5.96. The summed E-state index contributed by atoms with van der Waals surface area (Å²) < 4.78 is 5.13. The zero-order valence-corrected chi connectivity index (χ0v) is 12.7. The van der Waals surface area contributed by atoms with Crippen molar-refractivity contribution in [2.24, 2.45) is 0 Å². The van der Waals surface area contributed by atoms with Crippen LogP contribution < -0.4 is 4.90 Å². The van der Waals surface area contributed by atoms with Gasteiger partial charge in [-0.25, -0.2) is 0 Å². The highest BCUT2D eigenvalue weighted by Gasteiger charge is 2.26. The van der Waals surface area contributed by atoms with E-state index < -0.39 is 0 Å². The Morgan fingerprint density at radius 1 is 1.45 bits per heavy atom. The molecule has 22 heavy (non-hydrogen) atoms. The van der Waals surface area contributed by atoms with Gasteiger partial charge in [0.2, 0.25) is 5.91 Å². The van der Waals surface area contributed by atoms with Gasteiger partial charge < -0.3 is 9.42 Å². The number of aryl methyl sites for hydroxylation is 2. The van der Waals surface area contributed by atoms with Gasteiger partial charge in [-0.05, 0) is 44.4 Å². The number of amides is 1. The van der Waals surface area contributed by atoms with Crippen molar-refractivity contribution in [1.82, 2.24) is 5.16 Å². The van der Waals surface area contributed by atoms with E-state index in [4.69, 9.17) is 9.78 Å². The summed E-state index contributed by atoms with van der Waals surface area (Å²) in [6, 6.07) is 7.74. The van der Waals surface area contributed by atoms with Gasteiger partial charge in [-0.3, -0.25) is 4.79 Å². The lowest BCUT2D eigenvalue weighted by Gasteiger charge is -2.17. The second-order valence-corrected chi connectivity index (χ2v) is 5.51. The lowest BCUT2D eigenvalue weighted by atomic mass is 10.1. The van der Waals surface area contributed by atoms with Gasteiger partial charge in [-0.15, -0.1) is 0 Å². The maximum absolute atomic E-state index is 12.5. The number of nitriles is 1. The standard InChI is InChI=1S/C17H17N3O2/c1-11-14(12(2)22-19-11)6-7-17(21)20-9-8-15-13(10-18)4-3-5-16(15)20/h3-5H,6-9H2,1-2H3. The smallest absolute Gasteiger partial charge is 0.227 e. The molecule has 0 saturated carbocycles. The Bertz CT molecular complexity index is 751. The number of carbonyl (C=O) groups is 1. The van der Waals surface area contributed by atoms with Crippen LogP contribution in [-0.4, -0.2) is 17.6 Å². The lowest BCUT2D eigenvalue weighted by molar-refractivity contribution is -0.118. The molecule has 0 unspecified atom stereocenters. The summed E-state index contributed by atoms with van der Waals surface area (Å²) in [5, 5.41) is 13.1. The first-order valence-corrected chi connectivity index (χ1v) is 7.36. The molecule has 3 rings (SSSR count). The average molecular weight is 295 g/mol. The summed E-state index contributed by atoms with van der Waals surface area (Å²) in [6.45, 7) is 4.40. The minimum atomic E-state index is 0.0776. The number of aromatic nitrogens is 1. The Morgan fingerprint density at radius 3 is 2.95 bits per heavy atom. The number of hydrogen-bond donors (Lipinski definition) is 0. The molecule has 0 radical (unpaired) electrons. The first-order chi connectivity index (χ1) is 10.6. The van der Waals surface area contributed by atoms with Crippen LogP contribution in [0.4, 0.5) is 5.69 Å². The van der Waals surface area contributed by atoms with Crippen LogP contribution in [0.1, 0.15) is 34.6 Å². The molecule has 2 aromatic rings. The van der Waals surface area contributed by atoms with Crippen LogP contribution in [0.3, 0.4) is 0 Å². The Morgan fingerprint density at radius 2 is 2.27 bits per heavy atom. The topological polar surface area (TPSA) is 70.1 Å². The minimum Gasteiger partial charge on any atom is -0.361 e. The molecule has 2 heterocycles. The van der Waals surface area contributed by atoms with Crippen molar-refractivity contribution in [3.05, 3.63) is 46.3 Å². The number of nitrogens with zero attached hydrogens (tertiary/aromatic N) is 3. The zero-order valence-electron chi connectivity index (χ0n) is 12.7. The normalized spacial score (nSPS) is 13.0. The SMILES string of the molecule is Cc1noc(C)c1CCC(=O)N1CCc2c(C#N)cccc21. The van der Waals surface area contributed by atoms with Crippen LogP contribution in [0.15, 0.2) is 22.7 Å². The molecule has 1 aliphatic heterocycles. The van der Waals surface area contributed by atoms with E-state index in [2.05, 4.69) is 11.2 Å². The van der Waals surface area contributed by atoms with E-state index in [9.17, 15) is 4.79 Å². The van der Waals surface area contributed by atoms with Crippen molar-refractivity contribution in [2.75, 3.05) is 11.4 Å². The fraction of sp³-hybridized carbons (Fsp3) is 0.353. The third kappa shape index (κ3) is 2.37. The molecule has 1 aromatic heterocycles. The second kappa shape index (κ2) is 5.64. The van der Waals surface area contributed by atoms with Gasteiger partial charge >= 0.3 is 0 Å². The molecule has 1 amide bonds. The van der Waals surface area contributed by atoms with Gasteiger partial charge in [0.1, 0.15) is 5.76 Å². The van der Waals surface area contributed by atoms with Crippen molar-refractivity contribution in [3.8, 4) is 6.07 Å². The molecule has 0 fully saturated rings. The van der Waals surface area contributed by atoms with E-state index in [1.54, 1.807) is 11.0 Å². The van der Waals surface area contributed by atoms with Crippen LogP contribution in [0.5, 0.6) is 0 Å². The summed E-state index contributed by atoms with van der Waals surface area (Å²) in [7, 11) is 0. The summed E-state index contributed by atoms with van der Waals surface area (Å²) in [5.41, 5.74) is 4.38. The van der Waals surface area contributed by atoms with Crippen LogP contribution >= 0.6 is 0 Å². The Kier molecular flexibility index (Phi) is 3.68. The predicted molar refractivity (Wildman–Crippen MR) is 81.5 cm³/mol. The van der Waals surface area contributed by atoms with Crippen LogP contribution in [0, 0.1) is 25.2 Å². The first kappa shape index (κ1) is 14.3. The molecular weight excluding hydrogens is 278 g/mol. The summed E-state index contributed by atoms with van der Waals surface area (Å²) >= 11 is 0. The number of fused-ring (bicyclic) bond motifs is 1. The highest BCUT2D eigenvalue weighted by atomic mass is 16.5. The van der Waals surface area contributed by atoms with Crippen molar-refractivity contribution < 1.29 is 9.32 Å². The maximum atomic E-state index is 12.5. The molecule has 5 nitrogen and oxygen atoms in total. The second-order valence-electron chi connectivity index (χ2n) is 5.51. The van der Waals surface area contributed by atoms with Crippen LogP contribution in [0.2, 0.25) is 0 Å². The van der Waals surface area contributed by atoms with Gasteiger partial charge in [0.15, 0.2) is 0 Å². The number of hydrogen-bond acceptors (Lipinski definition) is 4. The van der Waals surface area contributed by atoms with E-state index in [0.29, 0.717) is 24.9 Å². The first-order valence-electron chi connectivity index (χ1n) is 7.36. The summed E-state index contributed by atoms with van der Waals surface area (Å²) in [4.78, 5) is 14.3.